The van der Waals surface area contributed by atoms with Crippen LogP contribution in [0.4, 0.5) is 0 Å². The lowest BCUT2D eigenvalue weighted by atomic mass is 9.90. The van der Waals surface area contributed by atoms with Gasteiger partial charge >= 0.3 is 0 Å². The fourth-order valence-electron chi connectivity index (χ4n) is 4.45. The smallest absolute Gasteiger partial charge is 0.227 e. The minimum Gasteiger partial charge on any atom is -0.336 e. The lowest BCUT2D eigenvalue weighted by molar-refractivity contribution is -0.131. The van der Waals surface area contributed by atoms with Crippen molar-refractivity contribution in [2.24, 2.45) is 7.05 Å². The zero-order chi connectivity index (χ0) is 17.4. The van der Waals surface area contributed by atoms with Crippen LogP contribution in [0.3, 0.4) is 0 Å². The highest BCUT2D eigenvalue weighted by atomic mass is 16.2. The van der Waals surface area contributed by atoms with E-state index in [0.29, 0.717) is 6.42 Å². The van der Waals surface area contributed by atoms with Gasteiger partial charge in [0, 0.05) is 19.8 Å². The fraction of sp³-hybridized carbons (Fsp3) is 0.524. The highest BCUT2D eigenvalue weighted by Gasteiger charge is 2.32. The number of amides is 1. The summed E-state index contributed by atoms with van der Waals surface area (Å²) in [6, 6.07) is 6.78. The number of carbonyl (C=O) groups is 1. The fourth-order valence-corrected chi connectivity index (χ4v) is 4.45. The lowest BCUT2D eigenvalue weighted by Crippen LogP contribution is -2.33. The van der Waals surface area contributed by atoms with Gasteiger partial charge in [-0.2, -0.15) is 0 Å². The third-order valence-electron chi connectivity index (χ3n) is 5.67. The first-order valence-corrected chi connectivity index (χ1v) is 9.52. The maximum absolute atomic E-state index is 13.0. The Hall–Kier alpha value is -2.10. The summed E-state index contributed by atoms with van der Waals surface area (Å²) in [5, 5.41) is 0. The predicted octanol–water partition coefficient (Wildman–Crippen LogP) is 3.51. The normalized spacial score (nSPS) is 19.9. The molecule has 1 unspecified atom stereocenters. The summed E-state index contributed by atoms with van der Waals surface area (Å²) >= 11 is 0. The predicted molar refractivity (Wildman–Crippen MR) is 98.4 cm³/mol. The number of nitrogens with zero attached hydrogens (tertiary/aromatic N) is 3. The first-order valence-electron chi connectivity index (χ1n) is 9.52. The Balaban J connectivity index is 1.51. The van der Waals surface area contributed by atoms with Crippen LogP contribution in [0.5, 0.6) is 0 Å². The molecule has 4 nitrogen and oxygen atoms in total. The van der Waals surface area contributed by atoms with Crippen LogP contribution in [-0.2, 0) is 31.1 Å². The average molecular weight is 337 g/mol. The summed E-state index contributed by atoms with van der Waals surface area (Å²) in [7, 11) is 2.03. The molecule has 132 valence electrons. The van der Waals surface area contributed by atoms with Crippen molar-refractivity contribution in [3.63, 3.8) is 0 Å². The van der Waals surface area contributed by atoms with E-state index in [1.807, 2.05) is 25.1 Å². The molecule has 1 fully saturated rings. The molecule has 25 heavy (non-hydrogen) atoms. The Morgan fingerprint density at radius 1 is 1.20 bits per heavy atom. The molecule has 2 aliphatic rings. The van der Waals surface area contributed by atoms with Gasteiger partial charge in [-0.05, 0) is 62.1 Å². The van der Waals surface area contributed by atoms with E-state index in [1.54, 1.807) is 0 Å². The van der Waals surface area contributed by atoms with Gasteiger partial charge in [0.1, 0.15) is 5.82 Å². The van der Waals surface area contributed by atoms with Crippen LogP contribution in [0, 0.1) is 6.92 Å². The van der Waals surface area contributed by atoms with Gasteiger partial charge < -0.3 is 9.47 Å². The maximum atomic E-state index is 13.0. The average Bonchev–Trinajstić information content (AvgIpc) is 3.20. The minimum atomic E-state index is 0.129. The zero-order valence-corrected chi connectivity index (χ0v) is 15.3. The number of likely N-dealkylation sites (tertiary alicyclic amines) is 1. The third-order valence-corrected chi connectivity index (χ3v) is 5.67. The van der Waals surface area contributed by atoms with E-state index in [4.69, 9.17) is 0 Å². The number of hydrogen-bond acceptors (Lipinski definition) is 2. The Bertz CT molecular complexity index is 792. The van der Waals surface area contributed by atoms with Crippen molar-refractivity contribution in [1.29, 1.82) is 0 Å². The summed E-state index contributed by atoms with van der Waals surface area (Å²) < 4.78 is 2.07. The number of aryl methyl sites for hydroxylation is 4. The molecular weight excluding hydrogens is 310 g/mol. The Kier molecular flexibility index (Phi) is 4.36. The SMILES string of the molecule is Cc1cn(C)c(C2CCCN2C(=O)Cc2ccc3c(c2)CCCC3)n1. The first kappa shape index (κ1) is 16.4. The van der Waals surface area contributed by atoms with Gasteiger partial charge in [0.05, 0.1) is 18.2 Å². The monoisotopic (exact) mass is 337 g/mol. The number of benzene rings is 1. The second-order valence-electron chi connectivity index (χ2n) is 7.58. The van der Waals surface area contributed by atoms with Gasteiger partial charge in [-0.1, -0.05) is 18.2 Å². The molecule has 1 aromatic carbocycles. The number of carbonyl (C=O) groups excluding carboxylic acids is 1. The molecule has 1 amide bonds. The van der Waals surface area contributed by atoms with Gasteiger partial charge in [-0.25, -0.2) is 4.98 Å². The van der Waals surface area contributed by atoms with Crippen molar-refractivity contribution in [3.8, 4) is 0 Å². The highest BCUT2D eigenvalue weighted by Crippen LogP contribution is 2.32. The van der Waals surface area contributed by atoms with E-state index in [-0.39, 0.29) is 11.9 Å². The molecule has 1 aliphatic heterocycles. The molecule has 1 atom stereocenters. The molecule has 1 aliphatic carbocycles. The van der Waals surface area contributed by atoms with Crippen LogP contribution in [-0.4, -0.2) is 26.9 Å². The largest absolute Gasteiger partial charge is 0.336 e. The maximum Gasteiger partial charge on any atom is 0.227 e. The molecular formula is C21H27N3O. The molecule has 2 heterocycles. The van der Waals surface area contributed by atoms with Crippen LogP contribution in [0.15, 0.2) is 24.4 Å². The molecule has 4 rings (SSSR count). The third kappa shape index (κ3) is 3.22. The van der Waals surface area contributed by atoms with Crippen molar-refractivity contribution in [1.82, 2.24) is 14.5 Å². The van der Waals surface area contributed by atoms with Crippen LogP contribution in [0.25, 0.3) is 0 Å². The summed E-state index contributed by atoms with van der Waals surface area (Å²) in [6.07, 6.45) is 9.55. The number of hydrogen-bond donors (Lipinski definition) is 0. The Labute approximate surface area is 149 Å². The number of fused-ring (bicyclic) bond motifs is 1. The molecule has 0 radical (unpaired) electrons. The summed E-state index contributed by atoms with van der Waals surface area (Å²) in [4.78, 5) is 19.7. The van der Waals surface area contributed by atoms with Gasteiger partial charge in [0.15, 0.2) is 0 Å². The van der Waals surface area contributed by atoms with Crippen LogP contribution >= 0.6 is 0 Å². The van der Waals surface area contributed by atoms with Gasteiger partial charge in [0.25, 0.3) is 0 Å². The Morgan fingerprint density at radius 3 is 2.76 bits per heavy atom. The van der Waals surface area contributed by atoms with E-state index < -0.39 is 0 Å². The highest BCUT2D eigenvalue weighted by molar-refractivity contribution is 5.79. The lowest BCUT2D eigenvalue weighted by Gasteiger charge is -2.25. The molecule has 1 saturated heterocycles. The molecule has 2 aromatic rings. The Morgan fingerprint density at radius 2 is 2.00 bits per heavy atom. The van der Waals surface area contributed by atoms with E-state index in [1.165, 1.54) is 30.4 Å². The second-order valence-corrected chi connectivity index (χ2v) is 7.58. The van der Waals surface area contributed by atoms with Crippen LogP contribution < -0.4 is 0 Å². The van der Waals surface area contributed by atoms with Crippen LogP contribution in [0.1, 0.15) is 59.9 Å². The van der Waals surface area contributed by atoms with Crippen molar-refractivity contribution in [3.05, 3.63) is 52.6 Å². The molecule has 4 heteroatoms. The minimum absolute atomic E-state index is 0.129. The number of aromatic nitrogens is 2. The quantitative estimate of drug-likeness (QED) is 0.859. The standard InChI is InChI=1S/C21H27N3O/c1-15-14-23(2)21(22-15)19-8-5-11-24(19)20(25)13-16-9-10-17-6-3-4-7-18(17)12-16/h9-10,12,14,19H,3-8,11,13H2,1-2H3. The van der Waals surface area contributed by atoms with E-state index in [9.17, 15) is 4.79 Å². The topological polar surface area (TPSA) is 38.1 Å². The zero-order valence-electron chi connectivity index (χ0n) is 15.3. The van der Waals surface area contributed by atoms with E-state index >= 15 is 0 Å². The number of imidazole rings is 1. The molecule has 0 bridgehead atoms. The molecule has 0 N–H and O–H groups in total. The van der Waals surface area contributed by atoms with Gasteiger partial charge in [-0.3, -0.25) is 4.79 Å². The summed E-state index contributed by atoms with van der Waals surface area (Å²) in [6.45, 7) is 2.86. The molecule has 1 aromatic heterocycles. The summed E-state index contributed by atoms with van der Waals surface area (Å²) in [5.41, 5.74) is 5.11. The molecule has 0 saturated carbocycles. The number of rotatable bonds is 3. The van der Waals surface area contributed by atoms with Crippen molar-refractivity contribution < 1.29 is 4.79 Å². The van der Waals surface area contributed by atoms with Gasteiger partial charge in [-0.15, -0.1) is 0 Å². The first-order chi connectivity index (χ1) is 12.1. The van der Waals surface area contributed by atoms with Crippen molar-refractivity contribution in [2.45, 2.75) is 57.9 Å². The van der Waals surface area contributed by atoms with Gasteiger partial charge in [0.2, 0.25) is 5.91 Å². The van der Waals surface area contributed by atoms with Crippen molar-refractivity contribution >= 4 is 5.91 Å². The van der Waals surface area contributed by atoms with E-state index in [2.05, 4.69) is 27.8 Å². The second kappa shape index (κ2) is 6.66. The van der Waals surface area contributed by atoms with Crippen LogP contribution in [0.2, 0.25) is 0 Å². The molecule has 0 spiro atoms. The van der Waals surface area contributed by atoms with E-state index in [0.717, 1.165) is 42.9 Å². The van der Waals surface area contributed by atoms with Crippen molar-refractivity contribution in [2.75, 3.05) is 6.54 Å². The summed E-state index contributed by atoms with van der Waals surface area (Å²) in [5.74, 6) is 1.26.